The molecule has 0 atom stereocenters. The van der Waals surface area contributed by atoms with E-state index in [1.54, 1.807) is 48.0 Å². The van der Waals surface area contributed by atoms with Crippen molar-refractivity contribution in [3.63, 3.8) is 0 Å². The summed E-state index contributed by atoms with van der Waals surface area (Å²) < 4.78 is 6.57. The number of rotatable bonds is 5. The van der Waals surface area contributed by atoms with E-state index >= 15 is 0 Å². The Morgan fingerprint density at radius 2 is 1.87 bits per heavy atom. The van der Waals surface area contributed by atoms with Crippen molar-refractivity contribution in [2.24, 2.45) is 0 Å². The number of fused-ring (bicyclic) bond motifs is 1. The van der Waals surface area contributed by atoms with E-state index in [2.05, 4.69) is 0 Å². The van der Waals surface area contributed by atoms with Crippen LogP contribution in [0.15, 0.2) is 53.3 Å². The molecule has 154 valence electrons. The number of methoxy groups -OCH3 is 1. The second-order valence-electron chi connectivity index (χ2n) is 7.56. The molecule has 1 aliphatic carbocycles. The summed E-state index contributed by atoms with van der Waals surface area (Å²) in [4.78, 5) is 39.3. The first-order chi connectivity index (χ1) is 14.5. The molecule has 1 heterocycles. The number of aromatic nitrogens is 1. The van der Waals surface area contributed by atoms with Gasteiger partial charge in [0, 0.05) is 30.6 Å². The summed E-state index contributed by atoms with van der Waals surface area (Å²) >= 11 is 0. The summed E-state index contributed by atoms with van der Waals surface area (Å²) in [6.45, 7) is 2.51. The molecule has 4 rings (SSSR count). The van der Waals surface area contributed by atoms with Crippen LogP contribution in [0.5, 0.6) is 0 Å². The minimum absolute atomic E-state index is 0.00454. The lowest BCUT2D eigenvalue weighted by Gasteiger charge is -2.20. The maximum atomic E-state index is 13.3. The van der Waals surface area contributed by atoms with Crippen LogP contribution in [0.4, 0.5) is 5.69 Å². The van der Waals surface area contributed by atoms with Gasteiger partial charge in [-0.3, -0.25) is 9.59 Å². The largest absolute Gasteiger partial charge is 0.465 e. The fourth-order valence-corrected chi connectivity index (χ4v) is 3.95. The number of para-hydroxylation sites is 1. The SMILES string of the molecule is CCn1c(=O)cc(C2CC2)c2cc(C(=O)N(C)c3ccccc3C(=O)OC)ccc21. The average molecular weight is 404 g/mol. The normalized spacial score (nSPS) is 13.3. The highest BCUT2D eigenvalue weighted by Gasteiger charge is 2.27. The first-order valence-corrected chi connectivity index (χ1v) is 10.1. The Labute approximate surface area is 174 Å². The molecule has 1 aliphatic rings. The maximum absolute atomic E-state index is 13.3. The number of amides is 1. The minimum Gasteiger partial charge on any atom is -0.465 e. The second kappa shape index (κ2) is 7.78. The minimum atomic E-state index is -0.494. The highest BCUT2D eigenvalue weighted by Crippen LogP contribution is 2.42. The number of hydrogen-bond acceptors (Lipinski definition) is 4. The van der Waals surface area contributed by atoms with E-state index < -0.39 is 5.97 Å². The molecule has 0 spiro atoms. The van der Waals surface area contributed by atoms with E-state index in [0.717, 1.165) is 29.3 Å². The van der Waals surface area contributed by atoms with Gasteiger partial charge in [0.15, 0.2) is 0 Å². The third kappa shape index (κ3) is 3.38. The summed E-state index contributed by atoms with van der Waals surface area (Å²) in [6, 6.07) is 14.0. The summed E-state index contributed by atoms with van der Waals surface area (Å²) in [6.07, 6.45) is 2.13. The monoisotopic (exact) mass is 404 g/mol. The average Bonchev–Trinajstić information content (AvgIpc) is 3.62. The fraction of sp³-hybridized carbons (Fsp3) is 0.292. The Kier molecular flexibility index (Phi) is 5.16. The zero-order valence-corrected chi connectivity index (χ0v) is 17.3. The number of esters is 1. The number of anilines is 1. The van der Waals surface area contributed by atoms with Crippen LogP contribution < -0.4 is 10.5 Å². The molecule has 0 saturated heterocycles. The lowest BCUT2D eigenvalue weighted by molar-refractivity contribution is 0.0601. The molecule has 0 radical (unpaired) electrons. The molecule has 1 fully saturated rings. The molecule has 0 bridgehead atoms. The molecule has 6 heteroatoms. The Morgan fingerprint density at radius 3 is 2.53 bits per heavy atom. The van der Waals surface area contributed by atoms with Crippen LogP contribution in [-0.2, 0) is 11.3 Å². The molecule has 3 aromatic rings. The van der Waals surface area contributed by atoms with Crippen molar-refractivity contribution in [3.05, 3.63) is 75.6 Å². The molecule has 30 heavy (non-hydrogen) atoms. The summed E-state index contributed by atoms with van der Waals surface area (Å²) in [5.41, 5.74) is 3.18. The summed E-state index contributed by atoms with van der Waals surface area (Å²) in [7, 11) is 2.96. The number of carbonyl (C=O) groups excluding carboxylic acids is 2. The lowest BCUT2D eigenvalue weighted by Crippen LogP contribution is -2.28. The van der Waals surface area contributed by atoms with Crippen LogP contribution in [0.3, 0.4) is 0 Å². The van der Waals surface area contributed by atoms with Gasteiger partial charge in [-0.2, -0.15) is 0 Å². The lowest BCUT2D eigenvalue weighted by atomic mass is 10.0. The zero-order valence-electron chi connectivity index (χ0n) is 17.3. The van der Waals surface area contributed by atoms with Crippen LogP contribution in [0.2, 0.25) is 0 Å². The van der Waals surface area contributed by atoms with Crippen LogP contribution in [0.25, 0.3) is 10.9 Å². The number of carbonyl (C=O) groups is 2. The molecule has 1 saturated carbocycles. The predicted octanol–water partition coefficient (Wildman–Crippen LogP) is 3.96. The van der Waals surface area contributed by atoms with Crippen molar-refractivity contribution in [3.8, 4) is 0 Å². The van der Waals surface area contributed by atoms with Crippen molar-refractivity contribution >= 4 is 28.5 Å². The Balaban J connectivity index is 1.80. The van der Waals surface area contributed by atoms with Gasteiger partial charge in [-0.15, -0.1) is 0 Å². The number of pyridine rings is 1. The van der Waals surface area contributed by atoms with Crippen LogP contribution >= 0.6 is 0 Å². The van der Waals surface area contributed by atoms with Gasteiger partial charge in [0.2, 0.25) is 0 Å². The van der Waals surface area contributed by atoms with E-state index in [1.165, 1.54) is 12.0 Å². The summed E-state index contributed by atoms with van der Waals surface area (Å²) in [5.74, 6) is -0.342. The van der Waals surface area contributed by atoms with Crippen LogP contribution in [-0.4, -0.2) is 30.6 Å². The van der Waals surface area contributed by atoms with Crippen molar-refractivity contribution in [2.45, 2.75) is 32.2 Å². The molecule has 0 N–H and O–H groups in total. The van der Waals surface area contributed by atoms with Crippen LogP contribution in [0.1, 0.15) is 52.0 Å². The van der Waals surface area contributed by atoms with Gasteiger partial charge in [-0.05, 0) is 61.6 Å². The zero-order chi connectivity index (χ0) is 21.4. The summed E-state index contributed by atoms with van der Waals surface area (Å²) in [5, 5.41) is 0.944. The molecular formula is C24H24N2O4. The Morgan fingerprint density at radius 1 is 1.13 bits per heavy atom. The van der Waals surface area contributed by atoms with Crippen LogP contribution in [0, 0.1) is 0 Å². The van der Waals surface area contributed by atoms with Gasteiger partial charge in [0.1, 0.15) is 0 Å². The molecule has 1 aromatic heterocycles. The van der Waals surface area contributed by atoms with Gasteiger partial charge in [-0.1, -0.05) is 12.1 Å². The van der Waals surface area contributed by atoms with E-state index in [0.29, 0.717) is 29.3 Å². The quantitative estimate of drug-likeness (QED) is 0.604. The van der Waals surface area contributed by atoms with E-state index in [1.807, 2.05) is 19.1 Å². The van der Waals surface area contributed by atoms with E-state index in [-0.39, 0.29) is 11.5 Å². The number of ether oxygens (including phenoxy) is 1. The molecule has 6 nitrogen and oxygen atoms in total. The van der Waals surface area contributed by atoms with Crippen molar-refractivity contribution in [2.75, 3.05) is 19.1 Å². The molecule has 2 aromatic carbocycles. The maximum Gasteiger partial charge on any atom is 0.339 e. The third-order valence-corrected chi connectivity index (χ3v) is 5.70. The fourth-order valence-electron chi connectivity index (χ4n) is 3.95. The van der Waals surface area contributed by atoms with Crippen molar-refractivity contribution in [1.82, 2.24) is 4.57 Å². The molecule has 0 aliphatic heterocycles. The topological polar surface area (TPSA) is 68.6 Å². The van der Waals surface area contributed by atoms with Gasteiger partial charge >= 0.3 is 5.97 Å². The first-order valence-electron chi connectivity index (χ1n) is 10.1. The van der Waals surface area contributed by atoms with Crippen molar-refractivity contribution < 1.29 is 14.3 Å². The number of nitrogens with zero attached hydrogens (tertiary/aromatic N) is 2. The van der Waals surface area contributed by atoms with E-state index in [9.17, 15) is 14.4 Å². The standard InChI is InChI=1S/C24H24N2O4/c1-4-26-21-12-11-16(13-19(21)18(14-22(26)27)15-9-10-15)23(28)25(2)20-8-6-5-7-17(20)24(29)30-3/h5-8,11-15H,4,9-10H2,1-3H3. The number of benzene rings is 2. The Bertz CT molecular complexity index is 1210. The third-order valence-electron chi connectivity index (χ3n) is 5.70. The molecule has 0 unspecified atom stereocenters. The van der Waals surface area contributed by atoms with E-state index in [4.69, 9.17) is 4.74 Å². The Hall–Kier alpha value is -3.41. The number of aryl methyl sites for hydroxylation is 1. The second-order valence-corrected chi connectivity index (χ2v) is 7.56. The molecular weight excluding hydrogens is 380 g/mol. The molecule has 1 amide bonds. The van der Waals surface area contributed by atoms with Gasteiger partial charge in [-0.25, -0.2) is 4.79 Å². The predicted molar refractivity (Wildman–Crippen MR) is 116 cm³/mol. The number of hydrogen-bond donors (Lipinski definition) is 0. The highest BCUT2D eigenvalue weighted by molar-refractivity contribution is 6.10. The van der Waals surface area contributed by atoms with Gasteiger partial charge in [0.05, 0.1) is 23.9 Å². The van der Waals surface area contributed by atoms with Gasteiger partial charge in [0.25, 0.3) is 11.5 Å². The smallest absolute Gasteiger partial charge is 0.339 e. The first kappa shape index (κ1) is 19.9. The van der Waals surface area contributed by atoms with Crippen molar-refractivity contribution in [1.29, 1.82) is 0 Å². The highest BCUT2D eigenvalue weighted by atomic mass is 16.5. The van der Waals surface area contributed by atoms with Gasteiger partial charge < -0.3 is 14.2 Å².